The van der Waals surface area contributed by atoms with E-state index in [4.69, 9.17) is 4.74 Å². The smallest absolute Gasteiger partial charge is 0.0900 e. The monoisotopic (exact) mass is 348 g/mol. The quantitative estimate of drug-likeness (QED) is 0.781. The largest absolute Gasteiger partial charge is 0.392 e. The van der Waals surface area contributed by atoms with Crippen LogP contribution in [0, 0.1) is 0 Å². The molecule has 0 spiro atoms. The van der Waals surface area contributed by atoms with Crippen LogP contribution < -0.4 is 0 Å². The van der Waals surface area contributed by atoms with Gasteiger partial charge in [-0.1, -0.05) is 24.3 Å². The van der Waals surface area contributed by atoms with Crippen molar-refractivity contribution in [3.8, 4) is 0 Å². The van der Waals surface area contributed by atoms with Gasteiger partial charge in [0.05, 0.1) is 24.9 Å². The van der Waals surface area contributed by atoms with Crippen molar-refractivity contribution < 1.29 is 14.9 Å². The van der Waals surface area contributed by atoms with E-state index in [1.54, 1.807) is 0 Å². The first-order valence-corrected chi connectivity index (χ1v) is 9.62. The maximum Gasteiger partial charge on any atom is 0.0900 e. The predicted molar refractivity (Wildman–Crippen MR) is 98.6 cm³/mol. The van der Waals surface area contributed by atoms with Crippen molar-refractivity contribution in [3.63, 3.8) is 0 Å². The van der Waals surface area contributed by atoms with Crippen molar-refractivity contribution in [2.45, 2.75) is 44.5 Å². The molecule has 0 amide bonds. The molecule has 1 aromatic rings. The molecule has 25 heavy (non-hydrogen) atoms. The lowest BCUT2D eigenvalue weighted by atomic mass is 9.89. The summed E-state index contributed by atoms with van der Waals surface area (Å²) in [7, 11) is 0. The number of fused-ring (bicyclic) bond motifs is 1. The van der Waals surface area contributed by atoms with Crippen LogP contribution in [-0.2, 0) is 11.2 Å². The molecule has 0 aromatic heterocycles. The van der Waals surface area contributed by atoms with Gasteiger partial charge < -0.3 is 14.9 Å². The van der Waals surface area contributed by atoms with E-state index in [2.05, 4.69) is 34.1 Å². The van der Waals surface area contributed by atoms with Gasteiger partial charge in [-0.25, -0.2) is 0 Å². The Balaban J connectivity index is 1.40. The van der Waals surface area contributed by atoms with E-state index in [0.717, 1.165) is 52.0 Å². The zero-order valence-electron chi connectivity index (χ0n) is 15.3. The number of hydrogen-bond acceptors (Lipinski definition) is 5. The molecule has 1 aliphatic heterocycles. The third kappa shape index (κ3) is 5.50. The van der Waals surface area contributed by atoms with Crippen molar-refractivity contribution in [3.05, 3.63) is 35.4 Å². The maximum absolute atomic E-state index is 10.4. The Morgan fingerprint density at radius 3 is 2.48 bits per heavy atom. The molecular weight excluding hydrogens is 316 g/mol. The standard InChI is InChI=1S/C20H32N2O3/c1-16(23)13-21-9-11-22(12-10-21)14-18(24)15-25-20-8-4-6-17-5-2-3-7-19(17)20/h2-3,5,7,16,18,20,23-24H,4,6,8-15H2,1H3/t16-,18-,20-/m0/s1. The van der Waals surface area contributed by atoms with Gasteiger partial charge >= 0.3 is 0 Å². The zero-order chi connectivity index (χ0) is 17.6. The first-order valence-electron chi connectivity index (χ1n) is 9.62. The zero-order valence-corrected chi connectivity index (χ0v) is 15.3. The second-order valence-electron chi connectivity index (χ2n) is 7.52. The molecule has 0 radical (unpaired) electrons. The van der Waals surface area contributed by atoms with E-state index in [1.807, 2.05) is 6.92 Å². The summed E-state index contributed by atoms with van der Waals surface area (Å²) in [6.45, 7) is 7.41. The van der Waals surface area contributed by atoms with Crippen LogP contribution in [0.4, 0.5) is 0 Å². The van der Waals surface area contributed by atoms with Gasteiger partial charge in [0, 0.05) is 39.3 Å². The minimum Gasteiger partial charge on any atom is -0.392 e. The Bertz CT molecular complexity index is 529. The fourth-order valence-electron chi connectivity index (χ4n) is 3.99. The van der Waals surface area contributed by atoms with Crippen molar-refractivity contribution in [1.82, 2.24) is 9.80 Å². The van der Waals surface area contributed by atoms with Gasteiger partial charge in [-0.15, -0.1) is 0 Å². The molecule has 1 saturated heterocycles. The van der Waals surface area contributed by atoms with E-state index in [-0.39, 0.29) is 12.2 Å². The number of aliphatic hydroxyl groups is 2. The van der Waals surface area contributed by atoms with Crippen LogP contribution in [0.1, 0.15) is 37.0 Å². The van der Waals surface area contributed by atoms with Crippen LogP contribution >= 0.6 is 0 Å². The van der Waals surface area contributed by atoms with Crippen LogP contribution in [0.2, 0.25) is 0 Å². The van der Waals surface area contributed by atoms with Gasteiger partial charge in [-0.3, -0.25) is 9.80 Å². The average molecular weight is 348 g/mol. The third-order valence-electron chi connectivity index (χ3n) is 5.26. The van der Waals surface area contributed by atoms with E-state index in [9.17, 15) is 10.2 Å². The second kappa shape index (κ2) is 9.10. The highest BCUT2D eigenvalue weighted by molar-refractivity contribution is 5.31. The number of benzene rings is 1. The molecule has 2 aliphatic rings. The number of aliphatic hydroxyl groups excluding tert-OH is 2. The Morgan fingerprint density at radius 2 is 1.76 bits per heavy atom. The van der Waals surface area contributed by atoms with Crippen molar-refractivity contribution in [2.24, 2.45) is 0 Å². The molecule has 5 heteroatoms. The summed E-state index contributed by atoms with van der Waals surface area (Å²) < 4.78 is 6.07. The van der Waals surface area contributed by atoms with Crippen LogP contribution in [0.5, 0.6) is 0 Å². The van der Waals surface area contributed by atoms with Crippen molar-refractivity contribution in [2.75, 3.05) is 45.9 Å². The average Bonchev–Trinajstić information content (AvgIpc) is 2.61. The van der Waals surface area contributed by atoms with Crippen LogP contribution in [0.15, 0.2) is 24.3 Å². The normalized spacial score (nSPS) is 24.7. The van der Waals surface area contributed by atoms with Crippen LogP contribution in [0.3, 0.4) is 0 Å². The highest BCUT2D eigenvalue weighted by Crippen LogP contribution is 2.32. The van der Waals surface area contributed by atoms with E-state index < -0.39 is 6.10 Å². The maximum atomic E-state index is 10.4. The molecule has 0 unspecified atom stereocenters. The summed E-state index contributed by atoms with van der Waals surface area (Å²) in [5, 5.41) is 19.8. The molecular formula is C20H32N2O3. The molecule has 140 valence electrons. The van der Waals surface area contributed by atoms with Gasteiger partial charge in [0.25, 0.3) is 0 Å². The molecule has 5 nitrogen and oxygen atoms in total. The van der Waals surface area contributed by atoms with Gasteiger partial charge in [0.1, 0.15) is 0 Å². The fraction of sp³-hybridized carbons (Fsp3) is 0.700. The molecule has 1 aromatic carbocycles. The molecule has 2 N–H and O–H groups in total. The minimum absolute atomic E-state index is 0.127. The number of aryl methyl sites for hydroxylation is 1. The van der Waals surface area contributed by atoms with Crippen molar-refractivity contribution >= 4 is 0 Å². The molecule has 3 atom stereocenters. The third-order valence-corrected chi connectivity index (χ3v) is 5.26. The Morgan fingerprint density at radius 1 is 1.08 bits per heavy atom. The molecule has 1 aliphatic carbocycles. The van der Waals surface area contributed by atoms with Gasteiger partial charge in [0.15, 0.2) is 0 Å². The number of hydrogen-bond donors (Lipinski definition) is 2. The summed E-state index contributed by atoms with van der Waals surface area (Å²) in [4.78, 5) is 4.57. The fourth-order valence-corrected chi connectivity index (χ4v) is 3.99. The van der Waals surface area contributed by atoms with Gasteiger partial charge in [-0.05, 0) is 37.3 Å². The molecule has 0 saturated carbocycles. The first kappa shape index (κ1) is 18.8. The van der Waals surface area contributed by atoms with Crippen LogP contribution in [-0.4, -0.2) is 78.1 Å². The van der Waals surface area contributed by atoms with E-state index >= 15 is 0 Å². The van der Waals surface area contributed by atoms with E-state index in [1.165, 1.54) is 11.1 Å². The molecule has 3 rings (SSSR count). The molecule has 0 bridgehead atoms. The van der Waals surface area contributed by atoms with Gasteiger partial charge in [0.2, 0.25) is 0 Å². The second-order valence-corrected chi connectivity index (χ2v) is 7.52. The van der Waals surface area contributed by atoms with Crippen LogP contribution in [0.25, 0.3) is 0 Å². The molecule has 1 fully saturated rings. The lowest BCUT2D eigenvalue weighted by Crippen LogP contribution is -2.50. The topological polar surface area (TPSA) is 56.2 Å². The number of ether oxygens (including phenoxy) is 1. The van der Waals surface area contributed by atoms with E-state index in [0.29, 0.717) is 13.2 Å². The van der Waals surface area contributed by atoms with Gasteiger partial charge in [-0.2, -0.15) is 0 Å². The lowest BCUT2D eigenvalue weighted by molar-refractivity contribution is -0.0332. The Labute approximate surface area is 151 Å². The van der Waals surface area contributed by atoms with Crippen molar-refractivity contribution in [1.29, 1.82) is 0 Å². The highest BCUT2D eigenvalue weighted by atomic mass is 16.5. The number of β-amino-alcohol motifs (C(OH)–C–C–N with tert-alkyl or cyclic N) is 2. The SMILES string of the molecule is C[C@H](O)CN1CCN(C[C@H](O)CO[C@H]2CCCc3ccccc32)CC1. The Kier molecular flexibility index (Phi) is 6.84. The lowest BCUT2D eigenvalue weighted by Gasteiger charge is -2.36. The highest BCUT2D eigenvalue weighted by Gasteiger charge is 2.23. The summed E-state index contributed by atoms with van der Waals surface area (Å²) in [6, 6.07) is 8.51. The number of nitrogens with zero attached hydrogens (tertiary/aromatic N) is 2. The summed E-state index contributed by atoms with van der Waals surface area (Å²) >= 11 is 0. The first-order chi connectivity index (χ1) is 12.1. The summed E-state index contributed by atoms with van der Waals surface area (Å²) in [6.07, 6.45) is 2.74. The minimum atomic E-state index is -0.447. The number of piperazine rings is 1. The number of rotatable bonds is 7. The summed E-state index contributed by atoms with van der Waals surface area (Å²) in [5.41, 5.74) is 2.69. The predicted octanol–water partition coefficient (Wildman–Crippen LogP) is 1.44. The molecule has 1 heterocycles. The Hall–Kier alpha value is -0.980. The summed E-state index contributed by atoms with van der Waals surface area (Å²) in [5.74, 6) is 0.